The van der Waals surface area contributed by atoms with Gasteiger partial charge in [0.1, 0.15) is 12.3 Å². The van der Waals surface area contributed by atoms with Gasteiger partial charge in [-0.1, -0.05) is 0 Å². The predicted molar refractivity (Wildman–Crippen MR) is 101 cm³/mol. The fraction of sp³-hybridized carbons (Fsp3) is 0.562. The second-order valence-electron chi connectivity index (χ2n) is 6.82. The van der Waals surface area contributed by atoms with Crippen molar-refractivity contribution in [1.29, 1.82) is 0 Å². The molecule has 3 rings (SSSR count). The molecule has 0 spiro atoms. The number of rotatable bonds is 6. The third-order valence-electron chi connectivity index (χ3n) is 4.49. The SMILES string of the molecule is Cc1cn(C(C)C(F)(F)F)nc1Nc1nc(C(=O)NS(=O)(=O)N2CCCOCC2)co1. The minimum atomic E-state index is -4.48. The second kappa shape index (κ2) is 8.84. The Kier molecular flexibility index (Phi) is 6.56. The van der Waals surface area contributed by atoms with Gasteiger partial charge in [0, 0.05) is 31.5 Å². The highest BCUT2D eigenvalue weighted by molar-refractivity contribution is 7.87. The summed E-state index contributed by atoms with van der Waals surface area (Å²) in [6, 6.07) is -2.08. The number of nitrogens with zero attached hydrogens (tertiary/aromatic N) is 4. The number of carbonyl (C=O) groups is 1. The topological polar surface area (TPSA) is 132 Å². The van der Waals surface area contributed by atoms with Crippen molar-refractivity contribution in [2.75, 3.05) is 31.6 Å². The normalized spacial score (nSPS) is 17.2. The number of alkyl halides is 3. The third-order valence-corrected chi connectivity index (χ3v) is 5.98. The largest absolute Gasteiger partial charge is 0.431 e. The van der Waals surface area contributed by atoms with E-state index in [1.165, 1.54) is 13.1 Å². The van der Waals surface area contributed by atoms with Crippen LogP contribution in [0, 0.1) is 6.92 Å². The number of carbonyl (C=O) groups excluding carboxylic acids is 1. The Bertz CT molecular complexity index is 1030. The van der Waals surface area contributed by atoms with E-state index < -0.39 is 28.3 Å². The lowest BCUT2D eigenvalue weighted by Crippen LogP contribution is -2.44. The van der Waals surface area contributed by atoms with Crippen LogP contribution in [0.1, 0.15) is 35.4 Å². The standard InChI is InChI=1S/C16H21F3N6O5S/c1-10-8-25(11(2)16(17,18)19)22-13(10)21-15-20-12(9-30-15)14(26)23-31(27,28)24-4-3-6-29-7-5-24/h8-9,11H,3-7H2,1-2H3,(H,23,26)(H,20,21,22). The van der Waals surface area contributed by atoms with Gasteiger partial charge in [-0.05, 0) is 20.3 Å². The van der Waals surface area contributed by atoms with Gasteiger partial charge in [0.05, 0.1) is 6.61 Å². The highest BCUT2D eigenvalue weighted by atomic mass is 32.2. The number of halogens is 3. The maximum atomic E-state index is 12.9. The fourth-order valence-electron chi connectivity index (χ4n) is 2.69. The molecule has 1 atom stereocenters. The molecule has 1 unspecified atom stereocenters. The lowest BCUT2D eigenvalue weighted by atomic mass is 10.3. The van der Waals surface area contributed by atoms with Gasteiger partial charge in [-0.15, -0.1) is 0 Å². The number of anilines is 2. The van der Waals surface area contributed by atoms with Crippen LogP contribution in [0.4, 0.5) is 25.0 Å². The molecular weight excluding hydrogens is 445 g/mol. The van der Waals surface area contributed by atoms with Gasteiger partial charge in [0.15, 0.2) is 11.5 Å². The van der Waals surface area contributed by atoms with Crippen LogP contribution in [0.3, 0.4) is 0 Å². The number of hydrogen-bond acceptors (Lipinski definition) is 8. The highest BCUT2D eigenvalue weighted by Gasteiger charge is 2.38. The van der Waals surface area contributed by atoms with E-state index in [1.54, 1.807) is 0 Å². The van der Waals surface area contributed by atoms with Crippen molar-refractivity contribution in [2.24, 2.45) is 0 Å². The van der Waals surface area contributed by atoms with E-state index in [-0.39, 0.29) is 37.2 Å². The Morgan fingerprint density at radius 2 is 2.03 bits per heavy atom. The molecule has 172 valence electrons. The summed E-state index contributed by atoms with van der Waals surface area (Å²) in [7, 11) is -4.10. The Morgan fingerprint density at radius 1 is 1.29 bits per heavy atom. The molecule has 0 saturated carbocycles. The molecule has 1 saturated heterocycles. The minimum Gasteiger partial charge on any atom is -0.431 e. The Hall–Kier alpha value is -2.65. The monoisotopic (exact) mass is 466 g/mol. The van der Waals surface area contributed by atoms with Crippen LogP contribution in [0.25, 0.3) is 0 Å². The van der Waals surface area contributed by atoms with Crippen LogP contribution < -0.4 is 10.0 Å². The van der Waals surface area contributed by atoms with Gasteiger partial charge in [-0.25, -0.2) is 4.72 Å². The summed E-state index contributed by atoms with van der Waals surface area (Å²) in [5.41, 5.74) is 0.0455. The number of ether oxygens (including phenoxy) is 1. The summed E-state index contributed by atoms with van der Waals surface area (Å²) in [5, 5.41) is 6.40. The van der Waals surface area contributed by atoms with Crippen molar-refractivity contribution in [3.63, 3.8) is 0 Å². The lowest BCUT2D eigenvalue weighted by molar-refractivity contribution is -0.165. The molecule has 0 aromatic carbocycles. The number of aryl methyl sites for hydroxylation is 1. The zero-order chi connectivity index (χ0) is 22.8. The molecule has 2 N–H and O–H groups in total. The summed E-state index contributed by atoms with van der Waals surface area (Å²) >= 11 is 0. The van der Waals surface area contributed by atoms with E-state index in [9.17, 15) is 26.4 Å². The van der Waals surface area contributed by atoms with Crippen molar-refractivity contribution < 1.29 is 35.5 Å². The highest BCUT2D eigenvalue weighted by Crippen LogP contribution is 2.31. The smallest absolute Gasteiger partial charge is 0.410 e. The summed E-state index contributed by atoms with van der Waals surface area (Å²) in [5.74, 6) is -0.975. The molecule has 3 heterocycles. The molecule has 1 aliphatic rings. The van der Waals surface area contributed by atoms with Gasteiger partial charge < -0.3 is 9.15 Å². The molecule has 11 nitrogen and oxygen atoms in total. The maximum Gasteiger partial charge on any atom is 0.410 e. The average molecular weight is 466 g/mol. The first-order valence-corrected chi connectivity index (χ1v) is 10.7. The van der Waals surface area contributed by atoms with Crippen molar-refractivity contribution in [2.45, 2.75) is 32.5 Å². The molecule has 1 amide bonds. The molecule has 1 aliphatic heterocycles. The Labute approximate surface area is 175 Å². The summed E-state index contributed by atoms with van der Waals surface area (Å²) in [6.07, 6.45) is -1.86. The molecule has 0 aliphatic carbocycles. The molecule has 2 aromatic rings. The van der Waals surface area contributed by atoms with Crippen LogP contribution in [-0.2, 0) is 14.9 Å². The summed E-state index contributed by atoms with van der Waals surface area (Å²) < 4.78 is 77.4. The molecular formula is C16H21F3N6O5S. The van der Waals surface area contributed by atoms with Gasteiger partial charge in [-0.2, -0.15) is 36.0 Å². The predicted octanol–water partition coefficient (Wildman–Crippen LogP) is 1.74. The minimum absolute atomic E-state index is 0.0436. The average Bonchev–Trinajstić information content (AvgIpc) is 3.17. The van der Waals surface area contributed by atoms with Crippen LogP contribution in [0.2, 0.25) is 0 Å². The van der Waals surface area contributed by atoms with Crippen LogP contribution in [0.15, 0.2) is 16.9 Å². The molecule has 15 heteroatoms. The van der Waals surface area contributed by atoms with Crippen LogP contribution in [0.5, 0.6) is 0 Å². The van der Waals surface area contributed by atoms with Gasteiger partial charge in [0.2, 0.25) is 0 Å². The van der Waals surface area contributed by atoms with Gasteiger partial charge in [0.25, 0.3) is 5.91 Å². The van der Waals surface area contributed by atoms with Gasteiger partial charge >= 0.3 is 22.4 Å². The lowest BCUT2D eigenvalue weighted by Gasteiger charge is -2.18. The number of aromatic nitrogens is 3. The number of nitrogens with one attached hydrogen (secondary N) is 2. The quantitative estimate of drug-likeness (QED) is 0.658. The molecule has 1 fully saturated rings. The summed E-state index contributed by atoms with van der Waals surface area (Å²) in [6.45, 7) is 3.43. The van der Waals surface area contributed by atoms with Crippen LogP contribution in [-0.4, -0.2) is 65.9 Å². The molecule has 0 radical (unpaired) electrons. The fourth-order valence-corrected chi connectivity index (χ4v) is 3.84. The molecule has 2 aromatic heterocycles. The molecule has 31 heavy (non-hydrogen) atoms. The number of amides is 1. The van der Waals surface area contributed by atoms with Crippen LogP contribution >= 0.6 is 0 Å². The maximum absolute atomic E-state index is 12.9. The Balaban J connectivity index is 1.68. The third kappa shape index (κ3) is 5.54. The van der Waals surface area contributed by atoms with E-state index >= 15 is 0 Å². The first kappa shape index (κ1) is 23.0. The van der Waals surface area contributed by atoms with Crippen molar-refractivity contribution in [3.8, 4) is 0 Å². The van der Waals surface area contributed by atoms with E-state index in [1.807, 2.05) is 4.72 Å². The number of oxazole rings is 1. The zero-order valence-electron chi connectivity index (χ0n) is 16.6. The van der Waals surface area contributed by atoms with E-state index in [0.29, 0.717) is 18.6 Å². The van der Waals surface area contributed by atoms with E-state index in [2.05, 4.69) is 15.4 Å². The van der Waals surface area contributed by atoms with E-state index in [4.69, 9.17) is 9.15 Å². The van der Waals surface area contributed by atoms with Crippen molar-refractivity contribution >= 4 is 27.9 Å². The second-order valence-corrected chi connectivity index (χ2v) is 8.49. The molecule has 0 bridgehead atoms. The Morgan fingerprint density at radius 3 is 2.74 bits per heavy atom. The first-order valence-electron chi connectivity index (χ1n) is 9.22. The zero-order valence-corrected chi connectivity index (χ0v) is 17.5. The van der Waals surface area contributed by atoms with Crippen molar-refractivity contribution in [3.05, 3.63) is 23.7 Å². The van der Waals surface area contributed by atoms with E-state index in [0.717, 1.165) is 22.2 Å². The van der Waals surface area contributed by atoms with Gasteiger partial charge in [-0.3, -0.25) is 14.8 Å². The van der Waals surface area contributed by atoms with Crippen molar-refractivity contribution in [1.82, 2.24) is 23.8 Å². The summed E-state index contributed by atoms with van der Waals surface area (Å²) in [4.78, 5) is 16.1. The number of hydrogen-bond donors (Lipinski definition) is 2. The first-order chi connectivity index (χ1) is 14.5.